The number of carboxylic acid groups (broad SMARTS) is 1. The molecule has 1 aliphatic heterocycles. The molecule has 1 atom stereocenters. The summed E-state index contributed by atoms with van der Waals surface area (Å²) in [5.74, 6) is -1.24. The number of aryl methyl sites for hydroxylation is 1. The summed E-state index contributed by atoms with van der Waals surface area (Å²) in [4.78, 5) is 14.2. The van der Waals surface area contributed by atoms with Crippen molar-refractivity contribution in [1.82, 2.24) is 4.90 Å². The molecule has 3 nitrogen and oxygen atoms in total. The molecule has 0 radical (unpaired) electrons. The van der Waals surface area contributed by atoms with Crippen molar-refractivity contribution in [3.8, 4) is 0 Å². The number of thiophene rings is 1. The lowest BCUT2D eigenvalue weighted by atomic mass is 9.92. The Balaban J connectivity index is 2.02. The smallest absolute Gasteiger partial charge is 0.416 e. The quantitative estimate of drug-likeness (QED) is 0.702. The molecule has 2 aromatic rings. The average molecular weight is 418 g/mol. The highest BCUT2D eigenvalue weighted by molar-refractivity contribution is 7.10. The lowest BCUT2D eigenvalue weighted by Gasteiger charge is -2.37. The molecule has 0 saturated carbocycles. The van der Waals surface area contributed by atoms with Crippen LogP contribution in [0.2, 0.25) is 5.02 Å². The Morgan fingerprint density at radius 1 is 1.30 bits per heavy atom. The first-order valence-corrected chi connectivity index (χ1v) is 9.81. The zero-order valence-electron chi connectivity index (χ0n) is 14.6. The summed E-state index contributed by atoms with van der Waals surface area (Å²) >= 11 is 7.80. The summed E-state index contributed by atoms with van der Waals surface area (Å²) in [6.07, 6.45) is -3.52. The first kappa shape index (κ1) is 20.2. The minimum atomic E-state index is -4.45. The summed E-state index contributed by atoms with van der Waals surface area (Å²) in [6.45, 7) is 2.90. The SMILES string of the molecule is Cc1ccsc1C(c1cc(C(F)(F)F)ccc1Cl)N1CCC(C(=O)O)CC1. The second-order valence-corrected chi connectivity index (χ2v) is 8.11. The van der Waals surface area contributed by atoms with Gasteiger partial charge < -0.3 is 5.11 Å². The first-order valence-electron chi connectivity index (χ1n) is 8.56. The van der Waals surface area contributed by atoms with Crippen molar-refractivity contribution in [1.29, 1.82) is 0 Å². The maximum Gasteiger partial charge on any atom is 0.416 e. The van der Waals surface area contributed by atoms with Gasteiger partial charge in [0.15, 0.2) is 0 Å². The van der Waals surface area contributed by atoms with Gasteiger partial charge in [0.2, 0.25) is 0 Å². The van der Waals surface area contributed by atoms with Crippen molar-refractivity contribution < 1.29 is 23.1 Å². The number of piperidine rings is 1. The Kier molecular flexibility index (Phi) is 5.84. The number of rotatable bonds is 4. The Hall–Kier alpha value is -1.57. The molecule has 146 valence electrons. The number of hydrogen-bond donors (Lipinski definition) is 1. The molecule has 0 amide bonds. The number of carbonyl (C=O) groups is 1. The van der Waals surface area contributed by atoms with Gasteiger partial charge in [-0.1, -0.05) is 11.6 Å². The lowest BCUT2D eigenvalue weighted by molar-refractivity contribution is -0.143. The van der Waals surface area contributed by atoms with Crippen LogP contribution in [0.4, 0.5) is 13.2 Å². The van der Waals surface area contributed by atoms with E-state index in [0.717, 1.165) is 22.6 Å². The highest BCUT2D eigenvalue weighted by atomic mass is 35.5. The molecule has 3 rings (SSSR count). The van der Waals surface area contributed by atoms with Crippen molar-refractivity contribution in [3.63, 3.8) is 0 Å². The van der Waals surface area contributed by atoms with E-state index < -0.39 is 29.7 Å². The van der Waals surface area contributed by atoms with Gasteiger partial charge in [-0.3, -0.25) is 9.69 Å². The summed E-state index contributed by atoms with van der Waals surface area (Å²) in [6, 6.07) is 4.91. The molecule has 1 aliphatic rings. The van der Waals surface area contributed by atoms with Gasteiger partial charge in [-0.15, -0.1) is 11.3 Å². The van der Waals surface area contributed by atoms with Crippen molar-refractivity contribution in [2.45, 2.75) is 32.0 Å². The second-order valence-electron chi connectivity index (χ2n) is 6.75. The fourth-order valence-corrected chi connectivity index (χ4v) is 4.80. The largest absolute Gasteiger partial charge is 0.481 e. The predicted molar refractivity (Wildman–Crippen MR) is 99.3 cm³/mol. The van der Waals surface area contributed by atoms with Crippen LogP contribution in [0.15, 0.2) is 29.6 Å². The number of likely N-dealkylation sites (tertiary alicyclic amines) is 1. The van der Waals surface area contributed by atoms with Gasteiger partial charge in [0.25, 0.3) is 0 Å². The van der Waals surface area contributed by atoms with Crippen LogP contribution in [0.1, 0.15) is 40.5 Å². The summed E-state index contributed by atoms with van der Waals surface area (Å²) in [5.41, 5.74) is 0.659. The van der Waals surface area contributed by atoms with E-state index in [1.165, 1.54) is 17.4 Å². The predicted octanol–water partition coefficient (Wildman–Crippen LogP) is 5.61. The van der Waals surface area contributed by atoms with Gasteiger partial charge in [-0.2, -0.15) is 13.2 Å². The van der Waals surface area contributed by atoms with E-state index in [4.69, 9.17) is 11.6 Å². The first-order chi connectivity index (χ1) is 12.7. The van der Waals surface area contributed by atoms with E-state index in [-0.39, 0.29) is 5.02 Å². The van der Waals surface area contributed by atoms with Crippen molar-refractivity contribution in [2.75, 3.05) is 13.1 Å². The molecule has 0 aliphatic carbocycles. The van der Waals surface area contributed by atoms with E-state index >= 15 is 0 Å². The molecular formula is C19H19ClF3NO2S. The highest BCUT2D eigenvalue weighted by Crippen LogP contribution is 2.41. The van der Waals surface area contributed by atoms with E-state index in [0.29, 0.717) is 31.5 Å². The van der Waals surface area contributed by atoms with Crippen molar-refractivity contribution >= 4 is 28.9 Å². The number of hydrogen-bond acceptors (Lipinski definition) is 3. The fourth-order valence-electron chi connectivity index (χ4n) is 3.50. The zero-order chi connectivity index (χ0) is 19.8. The summed E-state index contributed by atoms with van der Waals surface area (Å²) < 4.78 is 39.7. The van der Waals surface area contributed by atoms with Crippen LogP contribution < -0.4 is 0 Å². The van der Waals surface area contributed by atoms with Crippen LogP contribution in [-0.4, -0.2) is 29.1 Å². The van der Waals surface area contributed by atoms with Crippen LogP contribution in [-0.2, 0) is 11.0 Å². The van der Waals surface area contributed by atoms with Gasteiger partial charge >= 0.3 is 12.1 Å². The molecule has 1 saturated heterocycles. The lowest BCUT2D eigenvalue weighted by Crippen LogP contribution is -2.39. The molecule has 8 heteroatoms. The van der Waals surface area contributed by atoms with Crippen molar-refractivity contribution in [2.24, 2.45) is 5.92 Å². The normalized spacial score (nSPS) is 17.8. The van der Waals surface area contributed by atoms with Crippen LogP contribution in [0.5, 0.6) is 0 Å². The zero-order valence-corrected chi connectivity index (χ0v) is 16.2. The van der Waals surface area contributed by atoms with Crippen LogP contribution in [0.25, 0.3) is 0 Å². The van der Waals surface area contributed by atoms with E-state index in [2.05, 4.69) is 0 Å². The molecule has 1 aromatic carbocycles. The van der Waals surface area contributed by atoms with E-state index in [9.17, 15) is 23.1 Å². The number of halogens is 4. The maximum atomic E-state index is 13.2. The third-order valence-corrected chi connectivity index (χ3v) is 6.43. The van der Waals surface area contributed by atoms with Crippen LogP contribution in [0, 0.1) is 12.8 Å². The number of nitrogens with zero attached hydrogens (tertiary/aromatic N) is 1. The highest BCUT2D eigenvalue weighted by Gasteiger charge is 2.35. The number of carboxylic acids is 1. The monoisotopic (exact) mass is 417 g/mol. The Labute approximate surface area is 164 Å². The van der Waals surface area contributed by atoms with Crippen LogP contribution >= 0.6 is 22.9 Å². The third-order valence-electron chi connectivity index (χ3n) is 5.01. The minimum Gasteiger partial charge on any atom is -0.481 e. The van der Waals surface area contributed by atoms with Gasteiger partial charge in [0, 0.05) is 9.90 Å². The number of alkyl halides is 3. The van der Waals surface area contributed by atoms with E-state index in [1.807, 2.05) is 23.3 Å². The molecule has 1 fully saturated rings. The van der Waals surface area contributed by atoms with Gasteiger partial charge in [0.1, 0.15) is 0 Å². The molecule has 1 unspecified atom stereocenters. The molecular weight excluding hydrogens is 399 g/mol. The molecule has 1 N–H and O–H groups in total. The minimum absolute atomic E-state index is 0.279. The van der Waals surface area contributed by atoms with E-state index in [1.54, 1.807) is 0 Å². The molecule has 27 heavy (non-hydrogen) atoms. The van der Waals surface area contributed by atoms with Gasteiger partial charge in [-0.05, 0) is 73.6 Å². The maximum absolute atomic E-state index is 13.2. The third kappa shape index (κ3) is 4.31. The fraction of sp³-hybridized carbons (Fsp3) is 0.421. The topological polar surface area (TPSA) is 40.5 Å². The average Bonchev–Trinajstić information content (AvgIpc) is 3.02. The molecule has 0 bridgehead atoms. The van der Waals surface area contributed by atoms with Gasteiger partial charge in [0.05, 0.1) is 17.5 Å². The Morgan fingerprint density at radius 3 is 2.48 bits per heavy atom. The number of aliphatic carboxylic acids is 1. The Morgan fingerprint density at radius 2 is 1.96 bits per heavy atom. The Bertz CT molecular complexity index is 829. The van der Waals surface area contributed by atoms with Gasteiger partial charge in [-0.25, -0.2) is 0 Å². The standard InChI is InChI=1S/C19H19ClF3NO2S/c1-11-6-9-27-17(11)16(24-7-4-12(5-8-24)18(25)26)14-10-13(19(21,22)23)2-3-15(14)20/h2-3,6,9-10,12,16H,4-5,7-8H2,1H3,(H,25,26). The summed E-state index contributed by atoms with van der Waals surface area (Å²) in [7, 11) is 0. The van der Waals surface area contributed by atoms with Crippen molar-refractivity contribution in [3.05, 3.63) is 56.2 Å². The molecule has 1 aromatic heterocycles. The molecule has 0 spiro atoms. The number of benzene rings is 1. The summed E-state index contributed by atoms with van der Waals surface area (Å²) in [5, 5.41) is 11.4. The van der Waals surface area contributed by atoms with Crippen LogP contribution in [0.3, 0.4) is 0 Å². The second kappa shape index (κ2) is 7.81. The molecule has 2 heterocycles.